The lowest BCUT2D eigenvalue weighted by molar-refractivity contribution is -0.115. The van der Waals surface area contributed by atoms with Crippen LogP contribution < -0.4 is 10.1 Å². The fraction of sp³-hybridized carbons (Fsp3) is 0.364. The van der Waals surface area contributed by atoms with Crippen LogP contribution in [0.3, 0.4) is 0 Å². The van der Waals surface area contributed by atoms with E-state index in [1.807, 2.05) is 0 Å². The van der Waals surface area contributed by atoms with Crippen LogP contribution in [-0.4, -0.2) is 23.8 Å². The molecule has 0 aliphatic rings. The average molecular weight is 314 g/mol. The number of halogens is 4. The first-order chi connectivity index (χ1) is 8.73. The van der Waals surface area contributed by atoms with Gasteiger partial charge in [0.1, 0.15) is 5.75 Å². The van der Waals surface area contributed by atoms with Gasteiger partial charge >= 0.3 is 5.51 Å². The fourth-order valence-corrected chi connectivity index (χ4v) is 2.01. The Morgan fingerprint density at radius 1 is 1.47 bits per heavy atom. The van der Waals surface area contributed by atoms with Crippen LogP contribution in [0.5, 0.6) is 5.75 Å². The number of hydrogen-bond donors (Lipinski definition) is 1. The minimum absolute atomic E-state index is 0.231. The van der Waals surface area contributed by atoms with Crippen LogP contribution in [0.2, 0.25) is 5.02 Å². The van der Waals surface area contributed by atoms with Crippen LogP contribution in [-0.2, 0) is 4.79 Å². The van der Waals surface area contributed by atoms with Crippen LogP contribution >= 0.6 is 23.4 Å². The first-order valence-electron chi connectivity index (χ1n) is 5.12. The van der Waals surface area contributed by atoms with Crippen molar-refractivity contribution in [3.63, 3.8) is 0 Å². The molecule has 1 aromatic carbocycles. The molecule has 0 aromatic heterocycles. The van der Waals surface area contributed by atoms with E-state index in [1.54, 1.807) is 6.07 Å². The van der Waals surface area contributed by atoms with Gasteiger partial charge in [0, 0.05) is 5.02 Å². The van der Waals surface area contributed by atoms with Gasteiger partial charge in [-0.15, -0.1) is 0 Å². The predicted octanol–water partition coefficient (Wildman–Crippen LogP) is 3.93. The van der Waals surface area contributed by atoms with Crippen molar-refractivity contribution in [1.29, 1.82) is 0 Å². The molecule has 0 heterocycles. The van der Waals surface area contributed by atoms with Crippen molar-refractivity contribution in [2.45, 2.75) is 17.7 Å². The molecular weight excluding hydrogens is 303 g/mol. The van der Waals surface area contributed by atoms with Crippen LogP contribution in [0.1, 0.15) is 6.92 Å². The molecule has 1 N–H and O–H groups in total. The minimum Gasteiger partial charge on any atom is -0.495 e. The van der Waals surface area contributed by atoms with Crippen molar-refractivity contribution in [2.24, 2.45) is 0 Å². The Kier molecular flexibility index (Phi) is 5.37. The van der Waals surface area contributed by atoms with Gasteiger partial charge in [-0.2, -0.15) is 13.2 Å². The van der Waals surface area contributed by atoms with Gasteiger partial charge in [0.05, 0.1) is 18.0 Å². The van der Waals surface area contributed by atoms with Crippen LogP contribution in [0.4, 0.5) is 18.9 Å². The third-order valence-corrected chi connectivity index (χ3v) is 3.17. The van der Waals surface area contributed by atoms with Crippen molar-refractivity contribution in [2.75, 3.05) is 12.4 Å². The second kappa shape index (κ2) is 6.38. The summed E-state index contributed by atoms with van der Waals surface area (Å²) in [5.41, 5.74) is -4.23. The molecule has 0 fully saturated rings. The standard InChI is InChI=1S/C11H11ClF3NO2S/c1-6(19-11(13,14)15)10(17)16-8-5-7(12)3-4-9(8)18-2/h3-6H,1-2H3,(H,16,17)/t6-/m1/s1. The number of nitrogens with one attached hydrogen (secondary N) is 1. The molecule has 0 aliphatic carbocycles. The lowest BCUT2D eigenvalue weighted by atomic mass is 10.3. The van der Waals surface area contributed by atoms with Crippen LogP contribution in [0.25, 0.3) is 0 Å². The van der Waals surface area contributed by atoms with Crippen LogP contribution in [0, 0.1) is 0 Å². The van der Waals surface area contributed by atoms with E-state index in [1.165, 1.54) is 26.2 Å². The normalized spacial score (nSPS) is 12.9. The summed E-state index contributed by atoms with van der Waals surface area (Å²) < 4.78 is 41.4. The van der Waals surface area contributed by atoms with Crippen molar-refractivity contribution < 1.29 is 22.7 Å². The highest BCUT2D eigenvalue weighted by molar-refractivity contribution is 8.01. The summed E-state index contributed by atoms with van der Waals surface area (Å²) in [6.07, 6.45) is 0. The molecule has 0 bridgehead atoms. The number of carbonyl (C=O) groups is 1. The maximum Gasteiger partial charge on any atom is 0.442 e. The zero-order valence-corrected chi connectivity index (χ0v) is 11.6. The SMILES string of the molecule is COc1ccc(Cl)cc1NC(=O)[C@@H](C)SC(F)(F)F. The topological polar surface area (TPSA) is 38.3 Å². The molecule has 0 saturated heterocycles. The number of methoxy groups -OCH3 is 1. The lowest BCUT2D eigenvalue weighted by Crippen LogP contribution is -2.25. The van der Waals surface area contributed by atoms with Gasteiger partial charge in [0.25, 0.3) is 0 Å². The number of hydrogen-bond acceptors (Lipinski definition) is 3. The summed E-state index contributed by atoms with van der Waals surface area (Å²) in [5, 5.41) is 1.42. The van der Waals surface area contributed by atoms with Crippen molar-refractivity contribution in [3.05, 3.63) is 23.2 Å². The number of carbonyl (C=O) groups excluding carboxylic acids is 1. The molecule has 19 heavy (non-hydrogen) atoms. The molecule has 1 atom stereocenters. The van der Waals surface area contributed by atoms with E-state index in [4.69, 9.17) is 16.3 Å². The number of amides is 1. The molecule has 0 radical (unpaired) electrons. The summed E-state index contributed by atoms with van der Waals surface area (Å²) >= 11 is 5.37. The molecule has 3 nitrogen and oxygen atoms in total. The quantitative estimate of drug-likeness (QED) is 0.915. The summed E-state index contributed by atoms with van der Waals surface area (Å²) in [5.74, 6) is -0.454. The molecule has 0 spiro atoms. The molecule has 0 saturated carbocycles. The highest BCUT2D eigenvalue weighted by atomic mass is 35.5. The van der Waals surface area contributed by atoms with E-state index < -0.39 is 16.7 Å². The van der Waals surface area contributed by atoms with Crippen molar-refractivity contribution >= 4 is 35.0 Å². The third-order valence-electron chi connectivity index (χ3n) is 2.10. The molecule has 0 aliphatic heterocycles. The zero-order chi connectivity index (χ0) is 14.6. The van der Waals surface area contributed by atoms with Gasteiger partial charge < -0.3 is 10.1 Å². The number of benzene rings is 1. The number of thioether (sulfide) groups is 1. The zero-order valence-electron chi connectivity index (χ0n) is 10.0. The Morgan fingerprint density at radius 2 is 2.11 bits per heavy atom. The molecule has 1 rings (SSSR count). The fourth-order valence-electron chi connectivity index (χ4n) is 1.27. The van der Waals surface area contributed by atoms with E-state index in [2.05, 4.69) is 5.32 Å². The number of alkyl halides is 3. The van der Waals surface area contributed by atoms with Gasteiger partial charge in [-0.25, -0.2) is 0 Å². The number of ether oxygens (including phenoxy) is 1. The van der Waals surface area contributed by atoms with Gasteiger partial charge in [-0.3, -0.25) is 4.79 Å². The summed E-state index contributed by atoms with van der Waals surface area (Å²) in [6, 6.07) is 4.46. The van der Waals surface area contributed by atoms with Crippen molar-refractivity contribution in [3.8, 4) is 5.75 Å². The smallest absolute Gasteiger partial charge is 0.442 e. The van der Waals surface area contributed by atoms with Gasteiger partial charge in [-0.1, -0.05) is 11.6 Å². The molecular formula is C11H11ClF3NO2S. The van der Waals surface area contributed by atoms with Crippen LogP contribution in [0.15, 0.2) is 18.2 Å². The van der Waals surface area contributed by atoms with Gasteiger partial charge in [0.2, 0.25) is 5.91 Å². The molecule has 8 heteroatoms. The third kappa shape index (κ3) is 5.20. The Morgan fingerprint density at radius 3 is 2.63 bits per heavy atom. The van der Waals surface area contributed by atoms with E-state index >= 15 is 0 Å². The first-order valence-corrected chi connectivity index (χ1v) is 6.37. The highest BCUT2D eigenvalue weighted by Gasteiger charge is 2.34. The Balaban J connectivity index is 2.79. The lowest BCUT2D eigenvalue weighted by Gasteiger charge is -2.15. The highest BCUT2D eigenvalue weighted by Crippen LogP contribution is 2.35. The van der Waals surface area contributed by atoms with Gasteiger partial charge in [0.15, 0.2) is 0 Å². The second-order valence-electron chi connectivity index (χ2n) is 3.54. The largest absolute Gasteiger partial charge is 0.495 e. The number of rotatable bonds is 4. The summed E-state index contributed by atoms with van der Waals surface area (Å²) in [4.78, 5) is 11.6. The van der Waals surface area contributed by atoms with Gasteiger partial charge in [-0.05, 0) is 36.9 Å². The Bertz CT molecular complexity index is 468. The molecule has 106 valence electrons. The second-order valence-corrected chi connectivity index (χ2v) is 5.38. The maximum atomic E-state index is 12.2. The monoisotopic (exact) mass is 313 g/mol. The van der Waals surface area contributed by atoms with E-state index in [0.717, 1.165) is 0 Å². The Labute approximate surface area is 117 Å². The summed E-state index contributed by atoms with van der Waals surface area (Å²) in [7, 11) is 1.38. The number of anilines is 1. The molecule has 0 unspecified atom stereocenters. The maximum absolute atomic E-state index is 12.2. The van der Waals surface area contributed by atoms with Crippen molar-refractivity contribution in [1.82, 2.24) is 0 Å². The average Bonchev–Trinajstić information content (AvgIpc) is 2.27. The predicted molar refractivity (Wildman–Crippen MR) is 69.7 cm³/mol. The van der Waals surface area contributed by atoms with E-state index in [-0.39, 0.29) is 17.4 Å². The van der Waals surface area contributed by atoms with E-state index in [9.17, 15) is 18.0 Å². The minimum atomic E-state index is -4.46. The Hall–Kier alpha value is -1.08. The molecule has 1 aromatic rings. The first kappa shape index (κ1) is 16.0. The van der Waals surface area contributed by atoms with E-state index in [0.29, 0.717) is 10.8 Å². The summed E-state index contributed by atoms with van der Waals surface area (Å²) in [6.45, 7) is 1.17. The molecule has 1 amide bonds.